The van der Waals surface area contributed by atoms with E-state index in [1.807, 2.05) is 0 Å². The van der Waals surface area contributed by atoms with Gasteiger partial charge < -0.3 is 5.11 Å². The summed E-state index contributed by atoms with van der Waals surface area (Å²) in [6.07, 6.45) is 2.47. The molecule has 0 aromatic carbocycles. The zero-order valence-electron chi connectivity index (χ0n) is 6.28. The standard InChI is InChI=1S/C8H7NO3/c1-5-2-3-7(10)9-6(5)4-8(11)12/h2-3H,1,4H2,(H,11,12). The molecule has 0 aromatic heterocycles. The summed E-state index contributed by atoms with van der Waals surface area (Å²) in [5.41, 5.74) is 0.715. The van der Waals surface area contributed by atoms with Crippen molar-refractivity contribution in [3.63, 3.8) is 0 Å². The molecule has 0 aromatic rings. The first-order valence-electron chi connectivity index (χ1n) is 3.30. The minimum absolute atomic E-state index is 0.231. The molecule has 0 fully saturated rings. The van der Waals surface area contributed by atoms with Crippen LogP contribution in [0.15, 0.2) is 29.3 Å². The quantitative estimate of drug-likeness (QED) is 0.649. The first kappa shape index (κ1) is 8.39. The number of aliphatic imine (C=N–C) groups is 1. The first-order chi connectivity index (χ1) is 5.59. The lowest BCUT2D eigenvalue weighted by Crippen LogP contribution is -2.13. The van der Waals surface area contributed by atoms with Crippen molar-refractivity contribution in [2.75, 3.05) is 0 Å². The summed E-state index contributed by atoms with van der Waals surface area (Å²) in [4.78, 5) is 24.5. The number of allylic oxidation sites excluding steroid dienone is 2. The van der Waals surface area contributed by atoms with Crippen molar-refractivity contribution in [2.24, 2.45) is 4.99 Å². The number of hydrogen-bond donors (Lipinski definition) is 1. The summed E-state index contributed by atoms with van der Waals surface area (Å²) in [6.45, 7) is 3.55. The van der Waals surface area contributed by atoms with Gasteiger partial charge in [0.15, 0.2) is 0 Å². The van der Waals surface area contributed by atoms with E-state index in [0.717, 1.165) is 0 Å². The van der Waals surface area contributed by atoms with Crippen molar-refractivity contribution < 1.29 is 14.7 Å². The number of dihydropyridines is 1. The van der Waals surface area contributed by atoms with Gasteiger partial charge in [0, 0.05) is 6.08 Å². The summed E-state index contributed by atoms with van der Waals surface area (Å²) < 4.78 is 0. The summed E-state index contributed by atoms with van der Waals surface area (Å²) in [5, 5.41) is 8.41. The highest BCUT2D eigenvalue weighted by Crippen LogP contribution is 2.07. The number of carbonyl (C=O) groups excluding carboxylic acids is 1. The number of aliphatic carboxylic acids is 1. The molecule has 0 atom stereocenters. The van der Waals surface area contributed by atoms with Crippen LogP contribution in [0, 0.1) is 0 Å². The Balaban J connectivity index is 2.81. The molecule has 1 amide bonds. The largest absolute Gasteiger partial charge is 0.481 e. The monoisotopic (exact) mass is 165 g/mol. The highest BCUT2D eigenvalue weighted by Gasteiger charge is 2.12. The van der Waals surface area contributed by atoms with Crippen molar-refractivity contribution in [3.8, 4) is 0 Å². The molecule has 0 aliphatic carbocycles. The van der Waals surface area contributed by atoms with Crippen LogP contribution in [0.2, 0.25) is 0 Å². The van der Waals surface area contributed by atoms with Gasteiger partial charge in [0.2, 0.25) is 0 Å². The van der Waals surface area contributed by atoms with Gasteiger partial charge in [-0.05, 0) is 11.6 Å². The summed E-state index contributed by atoms with van der Waals surface area (Å²) in [7, 11) is 0. The summed E-state index contributed by atoms with van der Waals surface area (Å²) in [5.74, 6) is -1.45. The van der Waals surface area contributed by atoms with E-state index >= 15 is 0 Å². The number of carbonyl (C=O) groups is 2. The number of carboxylic acid groups (broad SMARTS) is 1. The lowest BCUT2D eigenvalue weighted by atomic mass is 10.1. The zero-order chi connectivity index (χ0) is 9.14. The topological polar surface area (TPSA) is 66.7 Å². The predicted octanol–water partition coefficient (Wildman–Crippen LogP) is 0.555. The summed E-state index contributed by atoms with van der Waals surface area (Å²) >= 11 is 0. The molecule has 0 spiro atoms. The van der Waals surface area contributed by atoms with Crippen LogP contribution in [0.3, 0.4) is 0 Å². The molecule has 62 valence electrons. The van der Waals surface area contributed by atoms with E-state index in [2.05, 4.69) is 11.6 Å². The molecule has 0 saturated heterocycles. The molecule has 1 aliphatic rings. The van der Waals surface area contributed by atoms with Gasteiger partial charge in [-0.2, -0.15) is 0 Å². The SMILES string of the molecule is C=C1C=CC(=O)N=C1CC(=O)O. The van der Waals surface area contributed by atoms with Gasteiger partial charge in [-0.15, -0.1) is 0 Å². The molecular formula is C8H7NO3. The highest BCUT2D eigenvalue weighted by atomic mass is 16.4. The number of amides is 1. The maximum absolute atomic E-state index is 10.7. The van der Waals surface area contributed by atoms with E-state index in [0.29, 0.717) is 5.57 Å². The second kappa shape index (κ2) is 3.13. The van der Waals surface area contributed by atoms with E-state index in [1.165, 1.54) is 12.2 Å². The lowest BCUT2D eigenvalue weighted by molar-refractivity contribution is -0.135. The maximum Gasteiger partial charge on any atom is 0.309 e. The number of rotatable bonds is 2. The Hall–Kier alpha value is -1.71. The number of carboxylic acids is 1. The Morgan fingerprint density at radius 3 is 2.83 bits per heavy atom. The minimum atomic E-state index is -1.02. The second-order valence-corrected chi connectivity index (χ2v) is 2.33. The van der Waals surface area contributed by atoms with E-state index in [1.54, 1.807) is 0 Å². The van der Waals surface area contributed by atoms with Gasteiger partial charge in [-0.3, -0.25) is 9.59 Å². The minimum Gasteiger partial charge on any atom is -0.481 e. The van der Waals surface area contributed by atoms with E-state index in [-0.39, 0.29) is 12.1 Å². The third-order valence-corrected chi connectivity index (χ3v) is 1.36. The molecule has 0 unspecified atom stereocenters. The summed E-state index contributed by atoms with van der Waals surface area (Å²) in [6, 6.07) is 0. The number of nitrogens with zero attached hydrogens (tertiary/aromatic N) is 1. The zero-order valence-corrected chi connectivity index (χ0v) is 6.28. The molecule has 1 rings (SSSR count). The smallest absolute Gasteiger partial charge is 0.309 e. The van der Waals surface area contributed by atoms with Crippen LogP contribution < -0.4 is 0 Å². The third-order valence-electron chi connectivity index (χ3n) is 1.36. The first-order valence-corrected chi connectivity index (χ1v) is 3.30. The molecule has 1 aliphatic heterocycles. The fourth-order valence-electron chi connectivity index (χ4n) is 0.806. The van der Waals surface area contributed by atoms with Gasteiger partial charge >= 0.3 is 5.97 Å². The Kier molecular flexibility index (Phi) is 2.19. The van der Waals surface area contributed by atoms with Gasteiger partial charge in [-0.1, -0.05) is 6.58 Å². The van der Waals surface area contributed by atoms with Crippen LogP contribution in [-0.4, -0.2) is 22.7 Å². The molecule has 12 heavy (non-hydrogen) atoms. The van der Waals surface area contributed by atoms with Gasteiger partial charge in [0.25, 0.3) is 5.91 Å². The molecule has 4 nitrogen and oxygen atoms in total. The molecule has 1 N–H and O–H groups in total. The molecule has 4 heteroatoms. The highest BCUT2D eigenvalue weighted by molar-refractivity contribution is 6.17. The van der Waals surface area contributed by atoms with Crippen molar-refractivity contribution >= 4 is 17.6 Å². The van der Waals surface area contributed by atoms with E-state index in [4.69, 9.17) is 5.11 Å². The van der Waals surface area contributed by atoms with Crippen LogP contribution in [0.5, 0.6) is 0 Å². The molecule has 1 heterocycles. The van der Waals surface area contributed by atoms with Crippen LogP contribution in [-0.2, 0) is 9.59 Å². The van der Waals surface area contributed by atoms with E-state index in [9.17, 15) is 9.59 Å². The average molecular weight is 165 g/mol. The fraction of sp³-hybridized carbons (Fsp3) is 0.125. The molecule has 0 saturated carbocycles. The van der Waals surface area contributed by atoms with Gasteiger partial charge in [-0.25, -0.2) is 4.99 Å². The Bertz CT molecular complexity index is 312. The Morgan fingerprint density at radius 1 is 1.58 bits per heavy atom. The predicted molar refractivity (Wildman–Crippen MR) is 43.0 cm³/mol. The Morgan fingerprint density at radius 2 is 2.25 bits per heavy atom. The normalized spacial score (nSPS) is 16.2. The van der Waals surface area contributed by atoms with Crippen molar-refractivity contribution in [1.29, 1.82) is 0 Å². The second-order valence-electron chi connectivity index (χ2n) is 2.33. The lowest BCUT2D eigenvalue weighted by Gasteiger charge is -2.05. The van der Waals surface area contributed by atoms with Crippen molar-refractivity contribution in [1.82, 2.24) is 0 Å². The Labute approximate surface area is 68.9 Å². The molecular weight excluding hydrogens is 158 g/mol. The van der Waals surface area contributed by atoms with Crippen molar-refractivity contribution in [2.45, 2.75) is 6.42 Å². The van der Waals surface area contributed by atoms with Gasteiger partial charge in [0.1, 0.15) is 0 Å². The molecule has 0 radical (unpaired) electrons. The third kappa shape index (κ3) is 1.88. The van der Waals surface area contributed by atoms with Crippen LogP contribution in [0.1, 0.15) is 6.42 Å². The van der Waals surface area contributed by atoms with Crippen LogP contribution in [0.25, 0.3) is 0 Å². The average Bonchev–Trinajstić information content (AvgIpc) is 1.96. The van der Waals surface area contributed by atoms with Crippen LogP contribution in [0.4, 0.5) is 0 Å². The maximum atomic E-state index is 10.7. The van der Waals surface area contributed by atoms with Crippen LogP contribution >= 0.6 is 0 Å². The molecule has 0 bridgehead atoms. The van der Waals surface area contributed by atoms with Crippen molar-refractivity contribution in [3.05, 3.63) is 24.3 Å². The van der Waals surface area contributed by atoms with E-state index < -0.39 is 11.9 Å². The fourth-order valence-corrected chi connectivity index (χ4v) is 0.806. The van der Waals surface area contributed by atoms with Gasteiger partial charge in [0.05, 0.1) is 12.1 Å². The number of hydrogen-bond acceptors (Lipinski definition) is 2.